The van der Waals surface area contributed by atoms with Crippen LogP contribution in [-0.4, -0.2) is 36.3 Å². The SMILES string of the molecule is CCN(CC)Cc1cccc(CNC(=O)C2CCN(c3ccc(C)cc3)C2=O)c1. The Morgan fingerprint density at radius 3 is 2.48 bits per heavy atom. The first-order chi connectivity index (χ1) is 14.0. The molecule has 1 heterocycles. The van der Waals surface area contributed by atoms with Gasteiger partial charge in [-0.15, -0.1) is 0 Å². The first-order valence-corrected chi connectivity index (χ1v) is 10.5. The van der Waals surface area contributed by atoms with Crippen LogP contribution in [0.4, 0.5) is 5.69 Å². The largest absolute Gasteiger partial charge is 0.351 e. The van der Waals surface area contributed by atoms with Gasteiger partial charge < -0.3 is 10.2 Å². The highest BCUT2D eigenvalue weighted by molar-refractivity contribution is 6.09. The van der Waals surface area contributed by atoms with Crippen LogP contribution >= 0.6 is 0 Å². The molecule has 29 heavy (non-hydrogen) atoms. The molecule has 2 aromatic carbocycles. The number of amides is 2. The molecule has 1 fully saturated rings. The zero-order valence-electron chi connectivity index (χ0n) is 17.6. The molecular weight excluding hydrogens is 362 g/mol. The van der Waals surface area contributed by atoms with Gasteiger partial charge in [-0.25, -0.2) is 0 Å². The maximum Gasteiger partial charge on any atom is 0.239 e. The summed E-state index contributed by atoms with van der Waals surface area (Å²) < 4.78 is 0. The molecular formula is C24H31N3O2. The second kappa shape index (κ2) is 9.70. The van der Waals surface area contributed by atoms with Crippen molar-refractivity contribution in [2.24, 2.45) is 5.92 Å². The molecule has 0 aliphatic carbocycles. The monoisotopic (exact) mass is 393 g/mol. The van der Waals surface area contributed by atoms with Crippen molar-refractivity contribution in [1.82, 2.24) is 10.2 Å². The summed E-state index contributed by atoms with van der Waals surface area (Å²) in [6.07, 6.45) is 0.556. The van der Waals surface area contributed by atoms with Gasteiger partial charge in [0, 0.05) is 25.3 Å². The van der Waals surface area contributed by atoms with Gasteiger partial charge in [0.25, 0.3) is 0 Å². The molecule has 5 heteroatoms. The Labute approximate surface area is 173 Å². The molecule has 0 spiro atoms. The van der Waals surface area contributed by atoms with Crippen molar-refractivity contribution < 1.29 is 9.59 Å². The number of nitrogens with zero attached hydrogens (tertiary/aromatic N) is 2. The van der Waals surface area contributed by atoms with Crippen LogP contribution in [0, 0.1) is 12.8 Å². The van der Waals surface area contributed by atoms with Crippen molar-refractivity contribution in [3.63, 3.8) is 0 Å². The minimum atomic E-state index is -0.602. The number of hydrogen-bond acceptors (Lipinski definition) is 3. The van der Waals surface area contributed by atoms with Gasteiger partial charge in [0.1, 0.15) is 5.92 Å². The average molecular weight is 394 g/mol. The van der Waals surface area contributed by atoms with Crippen LogP contribution < -0.4 is 10.2 Å². The Hall–Kier alpha value is -2.66. The van der Waals surface area contributed by atoms with Crippen molar-refractivity contribution in [3.05, 3.63) is 65.2 Å². The standard InChI is InChI=1S/C24H31N3O2/c1-4-26(5-2)17-20-8-6-7-19(15-20)16-25-23(28)22-13-14-27(24(22)29)21-11-9-18(3)10-12-21/h6-12,15,22H,4-5,13-14,16-17H2,1-3H3,(H,25,28). The summed E-state index contributed by atoms with van der Waals surface area (Å²) >= 11 is 0. The Bertz CT molecular complexity index is 843. The zero-order valence-corrected chi connectivity index (χ0v) is 17.6. The van der Waals surface area contributed by atoms with E-state index < -0.39 is 5.92 Å². The molecule has 0 radical (unpaired) electrons. The molecule has 0 bridgehead atoms. The van der Waals surface area contributed by atoms with Gasteiger partial charge in [0.05, 0.1) is 0 Å². The fourth-order valence-corrected chi connectivity index (χ4v) is 3.76. The molecule has 1 atom stereocenters. The Kier molecular flexibility index (Phi) is 7.04. The molecule has 154 valence electrons. The summed E-state index contributed by atoms with van der Waals surface area (Å²) in [5, 5.41) is 2.96. The van der Waals surface area contributed by atoms with Gasteiger partial charge >= 0.3 is 0 Å². The molecule has 1 aliphatic rings. The van der Waals surface area contributed by atoms with Gasteiger partial charge in [-0.1, -0.05) is 55.8 Å². The third-order valence-electron chi connectivity index (χ3n) is 5.63. The number of benzene rings is 2. The van der Waals surface area contributed by atoms with Crippen molar-refractivity contribution in [2.45, 2.75) is 40.3 Å². The molecule has 1 saturated heterocycles. The molecule has 1 N–H and O–H groups in total. The van der Waals surface area contributed by atoms with Crippen molar-refractivity contribution in [3.8, 4) is 0 Å². The van der Waals surface area contributed by atoms with E-state index in [0.717, 1.165) is 36.4 Å². The molecule has 1 unspecified atom stereocenters. The van der Waals surface area contributed by atoms with Gasteiger partial charge in [-0.3, -0.25) is 14.5 Å². The Balaban J connectivity index is 1.57. The lowest BCUT2D eigenvalue weighted by Crippen LogP contribution is -2.36. The van der Waals surface area contributed by atoms with E-state index in [9.17, 15) is 9.59 Å². The van der Waals surface area contributed by atoms with E-state index >= 15 is 0 Å². The van der Waals surface area contributed by atoms with Crippen LogP contribution in [0.25, 0.3) is 0 Å². The fourth-order valence-electron chi connectivity index (χ4n) is 3.76. The molecule has 3 rings (SSSR count). The van der Waals surface area contributed by atoms with Crippen LogP contribution in [0.2, 0.25) is 0 Å². The lowest BCUT2D eigenvalue weighted by atomic mass is 10.1. The third kappa shape index (κ3) is 5.24. The number of aryl methyl sites for hydroxylation is 1. The number of nitrogens with one attached hydrogen (secondary N) is 1. The fraction of sp³-hybridized carbons (Fsp3) is 0.417. The van der Waals surface area contributed by atoms with Crippen LogP contribution in [0.15, 0.2) is 48.5 Å². The predicted molar refractivity (Wildman–Crippen MR) is 117 cm³/mol. The number of rotatable bonds is 8. The second-order valence-electron chi connectivity index (χ2n) is 7.67. The lowest BCUT2D eigenvalue weighted by Gasteiger charge is -2.18. The van der Waals surface area contributed by atoms with Crippen LogP contribution in [0.1, 0.15) is 37.0 Å². The second-order valence-corrected chi connectivity index (χ2v) is 7.67. The number of hydrogen-bond donors (Lipinski definition) is 1. The maximum absolute atomic E-state index is 12.7. The van der Waals surface area contributed by atoms with Gasteiger partial charge in [-0.2, -0.15) is 0 Å². The minimum Gasteiger partial charge on any atom is -0.351 e. The van der Waals surface area contributed by atoms with Gasteiger partial charge in [0.15, 0.2) is 0 Å². The van der Waals surface area contributed by atoms with E-state index in [-0.39, 0.29) is 11.8 Å². The number of carbonyl (C=O) groups excluding carboxylic acids is 2. The van der Waals surface area contributed by atoms with Crippen LogP contribution in [0.5, 0.6) is 0 Å². The van der Waals surface area contributed by atoms with E-state index in [1.54, 1.807) is 4.90 Å². The highest BCUT2D eigenvalue weighted by Crippen LogP contribution is 2.25. The van der Waals surface area contributed by atoms with Crippen molar-refractivity contribution >= 4 is 17.5 Å². The van der Waals surface area contributed by atoms with E-state index in [0.29, 0.717) is 19.5 Å². The third-order valence-corrected chi connectivity index (χ3v) is 5.63. The van der Waals surface area contributed by atoms with Crippen molar-refractivity contribution in [1.29, 1.82) is 0 Å². The zero-order chi connectivity index (χ0) is 20.8. The van der Waals surface area contributed by atoms with Gasteiger partial charge in [0.2, 0.25) is 11.8 Å². The predicted octanol–water partition coefficient (Wildman–Crippen LogP) is 3.51. The molecule has 2 aromatic rings. The first kappa shape index (κ1) is 21.1. The van der Waals surface area contributed by atoms with E-state index in [1.165, 1.54) is 5.56 Å². The summed E-state index contributed by atoms with van der Waals surface area (Å²) in [6, 6.07) is 16.1. The summed E-state index contributed by atoms with van der Waals surface area (Å²) in [5.41, 5.74) is 4.31. The Morgan fingerprint density at radius 1 is 1.10 bits per heavy atom. The minimum absolute atomic E-state index is 0.110. The number of carbonyl (C=O) groups is 2. The molecule has 5 nitrogen and oxygen atoms in total. The first-order valence-electron chi connectivity index (χ1n) is 10.5. The highest BCUT2D eigenvalue weighted by Gasteiger charge is 2.37. The van der Waals surface area contributed by atoms with Gasteiger partial charge in [-0.05, 0) is 49.7 Å². The molecule has 1 aliphatic heterocycles. The summed E-state index contributed by atoms with van der Waals surface area (Å²) in [6.45, 7) is 10.3. The smallest absolute Gasteiger partial charge is 0.239 e. The molecule has 2 amide bonds. The Morgan fingerprint density at radius 2 is 1.79 bits per heavy atom. The summed E-state index contributed by atoms with van der Waals surface area (Å²) in [7, 11) is 0. The highest BCUT2D eigenvalue weighted by atomic mass is 16.2. The topological polar surface area (TPSA) is 52.7 Å². The average Bonchev–Trinajstić information content (AvgIpc) is 3.12. The summed E-state index contributed by atoms with van der Waals surface area (Å²) in [5.74, 6) is -0.893. The number of anilines is 1. The maximum atomic E-state index is 12.7. The summed E-state index contributed by atoms with van der Waals surface area (Å²) in [4.78, 5) is 29.5. The molecule has 0 aromatic heterocycles. The molecule has 0 saturated carbocycles. The van der Waals surface area contributed by atoms with E-state index in [2.05, 4.69) is 36.2 Å². The van der Waals surface area contributed by atoms with Crippen LogP contribution in [-0.2, 0) is 22.7 Å². The van der Waals surface area contributed by atoms with Crippen LogP contribution in [0.3, 0.4) is 0 Å². The normalized spacial score (nSPS) is 16.5. The quantitative estimate of drug-likeness (QED) is 0.699. The lowest BCUT2D eigenvalue weighted by molar-refractivity contribution is -0.132. The van der Waals surface area contributed by atoms with E-state index in [1.807, 2.05) is 43.3 Å². The van der Waals surface area contributed by atoms with E-state index in [4.69, 9.17) is 0 Å². The van der Waals surface area contributed by atoms with Crippen molar-refractivity contribution in [2.75, 3.05) is 24.5 Å².